The molecular weight excluding hydrogens is 486 g/mol. The van der Waals surface area contributed by atoms with Crippen molar-refractivity contribution in [3.05, 3.63) is 101 Å². The minimum absolute atomic E-state index is 0.132. The summed E-state index contributed by atoms with van der Waals surface area (Å²) in [5.74, 6) is -1.20. The number of aromatic nitrogens is 2. The molecule has 5 nitrogen and oxygen atoms in total. The summed E-state index contributed by atoms with van der Waals surface area (Å²) in [4.78, 5) is 12.4. The average Bonchev–Trinajstić information content (AvgIpc) is 3.27. The molecule has 1 amide bonds. The Hall–Kier alpha value is -3.85. The Bertz CT molecular complexity index is 1340. The van der Waals surface area contributed by atoms with E-state index in [1.165, 1.54) is 24.3 Å². The smallest absolute Gasteiger partial charge is 0.435 e. The number of carbonyl (C=O) groups excluding carboxylic acids is 1. The van der Waals surface area contributed by atoms with Crippen molar-refractivity contribution in [2.75, 3.05) is 6.61 Å². The van der Waals surface area contributed by atoms with E-state index >= 15 is 0 Å². The quantitative estimate of drug-likeness (QED) is 0.313. The molecule has 3 aromatic carbocycles. The second-order valence-electron chi connectivity index (χ2n) is 7.46. The predicted molar refractivity (Wildman–Crippen MR) is 123 cm³/mol. The molecule has 0 unspecified atom stereocenters. The molecule has 1 N–H and O–H groups in total. The number of nitrogens with one attached hydrogen (secondary N) is 1. The number of benzene rings is 3. The molecule has 180 valence electrons. The fraction of sp³-hybridized carbons (Fsp3) is 0.120. The van der Waals surface area contributed by atoms with Gasteiger partial charge in [-0.3, -0.25) is 4.79 Å². The first-order chi connectivity index (χ1) is 16.7. The first kappa shape index (κ1) is 24.3. The normalized spacial score (nSPS) is 11.3. The molecule has 4 aromatic rings. The molecule has 10 heteroatoms. The molecule has 1 heterocycles. The Morgan fingerprint density at radius 2 is 1.69 bits per heavy atom. The highest BCUT2D eigenvalue weighted by atomic mass is 35.5. The molecule has 0 aliphatic rings. The van der Waals surface area contributed by atoms with Crippen molar-refractivity contribution in [2.45, 2.75) is 12.7 Å². The van der Waals surface area contributed by atoms with Gasteiger partial charge in [0.05, 0.1) is 10.7 Å². The molecule has 35 heavy (non-hydrogen) atoms. The van der Waals surface area contributed by atoms with Gasteiger partial charge in [0.25, 0.3) is 5.91 Å². The topological polar surface area (TPSA) is 56.1 Å². The zero-order valence-corrected chi connectivity index (χ0v) is 18.8. The summed E-state index contributed by atoms with van der Waals surface area (Å²) in [7, 11) is 0. The van der Waals surface area contributed by atoms with Crippen LogP contribution in [-0.2, 0) is 17.5 Å². The van der Waals surface area contributed by atoms with Gasteiger partial charge in [0.15, 0.2) is 12.3 Å². The SMILES string of the molecule is O=C(COc1cc(C(F)(F)F)nn1-c1ccccc1Cl)NCc1ccccc1-c1ccc(F)cc1. The maximum Gasteiger partial charge on any atom is 0.435 e. The highest BCUT2D eigenvalue weighted by molar-refractivity contribution is 6.32. The van der Waals surface area contributed by atoms with Crippen molar-refractivity contribution < 1.29 is 27.1 Å². The van der Waals surface area contributed by atoms with Crippen molar-refractivity contribution in [2.24, 2.45) is 0 Å². The Balaban J connectivity index is 1.47. The fourth-order valence-corrected chi connectivity index (χ4v) is 3.59. The van der Waals surface area contributed by atoms with Crippen LogP contribution in [0.15, 0.2) is 78.9 Å². The molecule has 1 aromatic heterocycles. The molecule has 0 aliphatic heterocycles. The zero-order valence-electron chi connectivity index (χ0n) is 18.0. The second kappa shape index (κ2) is 10.2. The van der Waals surface area contributed by atoms with Crippen LogP contribution in [-0.4, -0.2) is 22.3 Å². The molecule has 4 rings (SSSR count). The Kier molecular flexibility index (Phi) is 7.07. The lowest BCUT2D eigenvalue weighted by Gasteiger charge is -2.12. The number of hydrogen-bond acceptors (Lipinski definition) is 3. The summed E-state index contributed by atoms with van der Waals surface area (Å²) in [5.41, 5.74) is 1.35. The Labute approximate surface area is 202 Å². The van der Waals surface area contributed by atoms with Crippen LogP contribution in [0.25, 0.3) is 16.8 Å². The van der Waals surface area contributed by atoms with Crippen LogP contribution in [0.5, 0.6) is 5.88 Å². The third kappa shape index (κ3) is 5.81. The molecule has 0 spiro atoms. The van der Waals surface area contributed by atoms with Crippen LogP contribution >= 0.6 is 11.6 Å². The summed E-state index contributed by atoms with van der Waals surface area (Å²) < 4.78 is 59.3. The van der Waals surface area contributed by atoms with Crippen LogP contribution in [0.4, 0.5) is 17.6 Å². The van der Waals surface area contributed by atoms with E-state index in [0.717, 1.165) is 21.4 Å². The lowest BCUT2D eigenvalue weighted by molar-refractivity contribution is -0.141. The fourth-order valence-electron chi connectivity index (χ4n) is 3.37. The van der Waals surface area contributed by atoms with Gasteiger partial charge in [-0.05, 0) is 41.0 Å². The highest BCUT2D eigenvalue weighted by Gasteiger charge is 2.36. The van der Waals surface area contributed by atoms with Crippen LogP contribution < -0.4 is 10.1 Å². The van der Waals surface area contributed by atoms with Crippen LogP contribution in [0.2, 0.25) is 5.02 Å². The lowest BCUT2D eigenvalue weighted by atomic mass is 9.99. The van der Waals surface area contributed by atoms with E-state index < -0.39 is 24.4 Å². The third-order valence-corrected chi connectivity index (χ3v) is 5.37. The van der Waals surface area contributed by atoms with Gasteiger partial charge in [-0.15, -0.1) is 0 Å². The van der Waals surface area contributed by atoms with Crippen molar-refractivity contribution in [3.63, 3.8) is 0 Å². The third-order valence-electron chi connectivity index (χ3n) is 5.05. The largest absolute Gasteiger partial charge is 0.467 e. The summed E-state index contributed by atoms with van der Waals surface area (Å²) in [6, 6.07) is 20.1. The van der Waals surface area contributed by atoms with Crippen molar-refractivity contribution in [1.29, 1.82) is 0 Å². The van der Waals surface area contributed by atoms with Crippen LogP contribution in [0.1, 0.15) is 11.3 Å². The van der Waals surface area contributed by atoms with E-state index in [2.05, 4.69) is 10.4 Å². The van der Waals surface area contributed by atoms with Gasteiger partial charge in [0, 0.05) is 12.6 Å². The Morgan fingerprint density at radius 1 is 1.00 bits per heavy atom. The number of rotatable bonds is 7. The minimum Gasteiger partial charge on any atom is -0.467 e. The molecule has 0 saturated carbocycles. The summed E-state index contributed by atoms with van der Waals surface area (Å²) in [6.07, 6.45) is -4.71. The molecule has 0 atom stereocenters. The number of ether oxygens (including phenoxy) is 1. The van der Waals surface area contributed by atoms with E-state index in [0.29, 0.717) is 6.07 Å². The standard InChI is InChI=1S/C25H18ClF4N3O2/c26-20-7-3-4-8-21(20)33-24(13-22(32-33)25(28,29)30)35-15-23(34)31-14-17-5-1-2-6-19(17)16-9-11-18(27)12-10-16/h1-13H,14-15H2,(H,31,34). The van der Waals surface area contributed by atoms with Gasteiger partial charge in [-0.1, -0.05) is 60.1 Å². The summed E-state index contributed by atoms with van der Waals surface area (Å²) in [6.45, 7) is -0.417. The number of halogens is 5. The monoisotopic (exact) mass is 503 g/mol. The van der Waals surface area contributed by atoms with Gasteiger partial charge in [0.2, 0.25) is 5.88 Å². The maximum absolute atomic E-state index is 13.3. The number of alkyl halides is 3. The highest BCUT2D eigenvalue weighted by Crippen LogP contribution is 2.33. The van der Waals surface area contributed by atoms with E-state index in [1.807, 2.05) is 18.2 Å². The first-order valence-corrected chi connectivity index (χ1v) is 10.8. The van der Waals surface area contributed by atoms with Gasteiger partial charge in [0.1, 0.15) is 5.82 Å². The van der Waals surface area contributed by atoms with Gasteiger partial charge in [-0.2, -0.15) is 23.0 Å². The molecule has 0 aliphatic carbocycles. The van der Waals surface area contributed by atoms with Gasteiger partial charge in [-0.25, -0.2) is 4.39 Å². The Morgan fingerprint density at radius 3 is 2.40 bits per heavy atom. The number of hydrogen-bond donors (Lipinski definition) is 1. The molecule has 0 bridgehead atoms. The maximum atomic E-state index is 13.3. The molecule has 0 saturated heterocycles. The van der Waals surface area contributed by atoms with Gasteiger partial charge >= 0.3 is 6.18 Å². The van der Waals surface area contributed by atoms with E-state index in [4.69, 9.17) is 16.3 Å². The van der Waals surface area contributed by atoms with Gasteiger partial charge < -0.3 is 10.1 Å². The minimum atomic E-state index is -4.71. The summed E-state index contributed by atoms with van der Waals surface area (Å²) in [5, 5.41) is 6.40. The average molecular weight is 504 g/mol. The molecule has 0 radical (unpaired) electrons. The second-order valence-corrected chi connectivity index (χ2v) is 7.87. The van der Waals surface area contributed by atoms with Crippen LogP contribution in [0.3, 0.4) is 0 Å². The number of amides is 1. The zero-order chi connectivity index (χ0) is 25.0. The molecular formula is C25H18ClF4N3O2. The molecule has 0 fully saturated rings. The predicted octanol–water partition coefficient (Wildman–Crippen LogP) is 6.05. The summed E-state index contributed by atoms with van der Waals surface area (Å²) >= 11 is 6.11. The van der Waals surface area contributed by atoms with E-state index in [1.54, 1.807) is 30.3 Å². The lowest BCUT2D eigenvalue weighted by Crippen LogP contribution is -2.29. The number of nitrogens with zero attached hydrogens (tertiary/aromatic N) is 2. The number of carbonyl (C=O) groups is 1. The van der Waals surface area contributed by atoms with E-state index in [9.17, 15) is 22.4 Å². The number of para-hydroxylation sites is 1. The van der Waals surface area contributed by atoms with E-state index in [-0.39, 0.29) is 29.0 Å². The first-order valence-electron chi connectivity index (χ1n) is 10.4. The van der Waals surface area contributed by atoms with Crippen molar-refractivity contribution >= 4 is 17.5 Å². The van der Waals surface area contributed by atoms with Crippen LogP contribution in [0, 0.1) is 5.82 Å². The van der Waals surface area contributed by atoms with Crippen molar-refractivity contribution in [1.82, 2.24) is 15.1 Å². The van der Waals surface area contributed by atoms with Crippen molar-refractivity contribution in [3.8, 4) is 22.7 Å².